The Balaban J connectivity index is 2.74. The molecule has 1 aromatic heterocycles. The van der Waals surface area contributed by atoms with Crippen molar-refractivity contribution in [2.24, 2.45) is 0 Å². The maximum absolute atomic E-state index is 5.76. The molecule has 0 aliphatic heterocycles. The lowest BCUT2D eigenvalue weighted by Crippen LogP contribution is -2.48. The highest BCUT2D eigenvalue weighted by Gasteiger charge is 2.32. The molecule has 2 rings (SSSR count). The topological polar surface area (TPSA) is 4.93 Å². The van der Waals surface area contributed by atoms with E-state index in [1.807, 2.05) is 0 Å². The van der Waals surface area contributed by atoms with Crippen LogP contribution >= 0.6 is 0 Å². The van der Waals surface area contributed by atoms with E-state index in [1.54, 1.807) is 0 Å². The summed E-state index contributed by atoms with van der Waals surface area (Å²) in [7, 11) is -1.42. The van der Waals surface area contributed by atoms with E-state index in [0.717, 1.165) is 0 Å². The second kappa shape index (κ2) is 5.03. The molecule has 18 heavy (non-hydrogen) atoms. The van der Waals surface area contributed by atoms with Gasteiger partial charge in [-0.1, -0.05) is 63.5 Å². The number of rotatable bonds is 4. The number of benzene rings is 1. The molecule has 0 spiro atoms. The van der Waals surface area contributed by atoms with Crippen LogP contribution in [0.25, 0.3) is 10.9 Å². The summed E-state index contributed by atoms with van der Waals surface area (Å²) in [6.07, 6.45) is 5.76. The highest BCUT2D eigenvalue weighted by atomic mass is 28.3. The van der Waals surface area contributed by atoms with Crippen LogP contribution in [0.15, 0.2) is 30.3 Å². The van der Waals surface area contributed by atoms with E-state index in [9.17, 15) is 0 Å². The molecule has 0 atom stereocenters. The second-order valence-corrected chi connectivity index (χ2v) is 10.1. The lowest BCUT2D eigenvalue weighted by molar-refractivity contribution is 1.14. The lowest BCUT2D eigenvalue weighted by atomic mass is 10.2. The molecule has 0 unspecified atom stereocenters. The van der Waals surface area contributed by atoms with Gasteiger partial charge in [-0.05, 0) is 12.1 Å². The summed E-state index contributed by atoms with van der Waals surface area (Å²) in [4.78, 5) is 0. The van der Waals surface area contributed by atoms with Gasteiger partial charge in [0.25, 0.3) is 0 Å². The van der Waals surface area contributed by atoms with E-state index >= 15 is 0 Å². The second-order valence-electron chi connectivity index (χ2n) is 4.89. The Kier molecular flexibility index (Phi) is 3.63. The third-order valence-electron chi connectivity index (χ3n) is 4.41. The quantitative estimate of drug-likeness (QED) is 0.578. The number of aromatic nitrogens is 1. The molecule has 0 amide bonds. The average Bonchev–Trinajstić information content (AvgIpc) is 2.80. The number of para-hydroxylation sites is 1. The van der Waals surface area contributed by atoms with Crippen LogP contribution in [0.2, 0.25) is 18.1 Å². The number of fused-ring (bicyclic) bond motifs is 1. The van der Waals surface area contributed by atoms with Crippen molar-refractivity contribution in [3.63, 3.8) is 0 Å². The monoisotopic (exact) mass is 255 g/mol. The van der Waals surface area contributed by atoms with Crippen LogP contribution < -0.4 is 5.32 Å². The minimum absolute atomic E-state index is 1.18. The fourth-order valence-electron chi connectivity index (χ4n) is 2.98. The molecular weight excluding hydrogens is 234 g/mol. The molecule has 0 aliphatic carbocycles. The van der Waals surface area contributed by atoms with Crippen LogP contribution in [0.4, 0.5) is 0 Å². The van der Waals surface area contributed by atoms with Crippen molar-refractivity contribution in [2.75, 3.05) is 0 Å². The van der Waals surface area contributed by atoms with Gasteiger partial charge in [-0.3, -0.25) is 4.57 Å². The van der Waals surface area contributed by atoms with Crippen molar-refractivity contribution in [1.82, 2.24) is 4.57 Å². The van der Waals surface area contributed by atoms with Crippen LogP contribution in [0.5, 0.6) is 0 Å². The Hall–Kier alpha value is -1.46. The van der Waals surface area contributed by atoms with E-state index in [2.05, 4.69) is 61.7 Å². The predicted octanol–water partition coefficient (Wildman–Crippen LogP) is 3.80. The molecule has 1 nitrogen and oxygen atoms in total. The summed E-state index contributed by atoms with van der Waals surface area (Å²) in [6.45, 7) is 6.95. The van der Waals surface area contributed by atoms with Gasteiger partial charge in [0, 0.05) is 16.7 Å². The maximum Gasteiger partial charge on any atom is 0.108 e. The van der Waals surface area contributed by atoms with Crippen molar-refractivity contribution in [3.8, 4) is 12.5 Å². The summed E-state index contributed by atoms with van der Waals surface area (Å²) >= 11 is 0. The summed E-state index contributed by atoms with van der Waals surface area (Å²) < 4.78 is 2.10. The third-order valence-corrected chi connectivity index (χ3v) is 9.93. The summed E-state index contributed by atoms with van der Waals surface area (Å²) in [6, 6.07) is 17.4. The van der Waals surface area contributed by atoms with Gasteiger partial charge in [-0.25, -0.2) is 0 Å². The molecule has 0 N–H and O–H groups in total. The summed E-state index contributed by atoms with van der Waals surface area (Å²) in [5.41, 5.74) is 1.18. The van der Waals surface area contributed by atoms with E-state index < -0.39 is 8.07 Å². The van der Waals surface area contributed by atoms with Gasteiger partial charge in [0.2, 0.25) is 0 Å². The molecule has 1 aromatic carbocycles. The van der Waals surface area contributed by atoms with Gasteiger partial charge in [-0.15, -0.1) is 0 Å². The first-order valence-corrected chi connectivity index (χ1v) is 9.42. The van der Waals surface area contributed by atoms with Gasteiger partial charge in [0.1, 0.15) is 8.07 Å². The predicted molar refractivity (Wildman–Crippen MR) is 83.0 cm³/mol. The molecule has 0 aliphatic rings. The highest BCUT2D eigenvalue weighted by molar-refractivity contribution is 6.91. The fraction of sp³-hybridized carbons (Fsp3) is 0.375. The van der Waals surface area contributed by atoms with Crippen molar-refractivity contribution in [3.05, 3.63) is 30.3 Å². The Morgan fingerprint density at radius 3 is 2.28 bits per heavy atom. The molecule has 2 aromatic rings. The smallest absolute Gasteiger partial charge is 0.108 e. The lowest BCUT2D eigenvalue weighted by Gasteiger charge is -2.28. The largest absolute Gasteiger partial charge is 0.278 e. The number of nitrogens with zero attached hydrogens (tertiary/aromatic N) is 1. The van der Waals surface area contributed by atoms with Crippen molar-refractivity contribution in [1.29, 1.82) is 0 Å². The van der Waals surface area contributed by atoms with Gasteiger partial charge >= 0.3 is 0 Å². The Labute approximate surface area is 111 Å². The van der Waals surface area contributed by atoms with Crippen LogP contribution in [0.3, 0.4) is 0 Å². The van der Waals surface area contributed by atoms with Crippen molar-refractivity contribution < 1.29 is 0 Å². The first-order valence-electron chi connectivity index (χ1n) is 6.80. The zero-order valence-corrected chi connectivity index (χ0v) is 12.5. The zero-order chi connectivity index (χ0) is 13.2. The number of hydrogen-bond donors (Lipinski definition) is 0. The van der Waals surface area contributed by atoms with Crippen molar-refractivity contribution in [2.45, 2.75) is 38.9 Å². The molecule has 0 radical (unpaired) electrons. The molecule has 94 valence electrons. The molecular formula is C16H21NSi. The molecule has 1 heterocycles. The van der Waals surface area contributed by atoms with Crippen LogP contribution in [0.1, 0.15) is 20.8 Å². The molecule has 0 saturated heterocycles. The van der Waals surface area contributed by atoms with Crippen LogP contribution in [-0.4, -0.2) is 12.6 Å². The fourth-order valence-corrected chi connectivity index (χ4v) is 6.69. The molecule has 0 fully saturated rings. The standard InChI is InChI=1S/C16H21NSi/c1-5-17-15-12-10-9-11-14(15)13-16(17)18(6-2,7-3)8-4/h1,9-13H,6-8H2,2-4H3. The SMILES string of the molecule is C#Cn1c([Si](CC)(CC)CC)cc2ccccc21. The van der Waals surface area contributed by atoms with Gasteiger partial charge in [0.05, 0.1) is 5.52 Å². The normalized spacial score (nSPS) is 11.7. The Morgan fingerprint density at radius 1 is 1.11 bits per heavy atom. The molecule has 0 bridgehead atoms. The van der Waals surface area contributed by atoms with Gasteiger partial charge < -0.3 is 0 Å². The van der Waals surface area contributed by atoms with Crippen molar-refractivity contribution >= 4 is 24.3 Å². The Bertz CT molecular complexity index is 576. The first-order chi connectivity index (χ1) is 8.72. The zero-order valence-electron chi connectivity index (χ0n) is 11.5. The number of hydrogen-bond acceptors (Lipinski definition) is 0. The minimum atomic E-state index is -1.42. The Morgan fingerprint density at radius 2 is 1.72 bits per heavy atom. The third kappa shape index (κ3) is 1.79. The van der Waals surface area contributed by atoms with E-state index in [1.165, 1.54) is 34.4 Å². The van der Waals surface area contributed by atoms with Gasteiger partial charge in [-0.2, -0.15) is 0 Å². The van der Waals surface area contributed by atoms with Crippen LogP contribution in [-0.2, 0) is 0 Å². The first kappa shape index (κ1) is 13.0. The highest BCUT2D eigenvalue weighted by Crippen LogP contribution is 2.24. The van der Waals surface area contributed by atoms with Gasteiger partial charge in [0.15, 0.2) is 0 Å². The molecule has 0 saturated carbocycles. The minimum Gasteiger partial charge on any atom is -0.278 e. The summed E-state index contributed by atoms with van der Waals surface area (Å²) in [5, 5.41) is 2.70. The molecule has 2 heteroatoms. The maximum atomic E-state index is 5.76. The van der Waals surface area contributed by atoms with E-state index in [4.69, 9.17) is 6.42 Å². The van der Waals surface area contributed by atoms with E-state index in [0.29, 0.717) is 0 Å². The number of terminal acetylenes is 1. The summed E-state index contributed by atoms with van der Waals surface area (Å²) in [5.74, 6) is 0. The van der Waals surface area contributed by atoms with E-state index in [-0.39, 0.29) is 0 Å². The average molecular weight is 255 g/mol. The van der Waals surface area contributed by atoms with Crippen LogP contribution in [0, 0.1) is 12.5 Å².